The third kappa shape index (κ3) is 38.4. The van der Waals surface area contributed by atoms with Gasteiger partial charge in [-0.25, -0.2) is 11.4 Å². The lowest BCUT2D eigenvalue weighted by Crippen LogP contribution is -2.43. The molecule has 0 bridgehead atoms. The third-order valence-corrected chi connectivity index (χ3v) is 28.1. The number of benzene rings is 1. The van der Waals surface area contributed by atoms with Gasteiger partial charge in [-0.15, -0.1) is 0 Å². The minimum atomic E-state index is -1.74. The van der Waals surface area contributed by atoms with Crippen LogP contribution in [0.15, 0.2) is 52.1 Å². The summed E-state index contributed by atoms with van der Waals surface area (Å²) in [5.74, 6) is -0.929. The number of hydrogen-bond donors (Lipinski definition) is 5. The van der Waals surface area contributed by atoms with Crippen LogP contribution in [0.2, 0.25) is 0 Å². The molecule has 1 aromatic heterocycles. The van der Waals surface area contributed by atoms with E-state index in [1.807, 2.05) is 130 Å². The van der Waals surface area contributed by atoms with Crippen LogP contribution in [0.4, 0.5) is 5.82 Å². The number of anilines is 1. The largest absolute Gasteiger partial charge is 0.457 e. The summed E-state index contributed by atoms with van der Waals surface area (Å²) in [6.07, 6.45) is -5.01. The van der Waals surface area contributed by atoms with Gasteiger partial charge in [0.05, 0.1) is 110 Å². The highest BCUT2D eigenvalue weighted by Crippen LogP contribution is 2.60. The van der Waals surface area contributed by atoms with E-state index in [0.717, 1.165) is 25.4 Å². The van der Waals surface area contributed by atoms with Crippen LogP contribution in [-0.4, -0.2) is 339 Å². The molecule has 0 saturated carbocycles. The number of carbonyl (C=O) groups is 3. The van der Waals surface area contributed by atoms with Gasteiger partial charge in [-0.1, -0.05) is 77.9 Å². The van der Waals surface area contributed by atoms with Crippen LogP contribution in [0.1, 0.15) is 200 Å². The zero-order valence-electron chi connectivity index (χ0n) is 78.1. The molecule has 124 heavy (non-hydrogen) atoms. The Balaban J connectivity index is 0.000000761. The Hall–Kier alpha value is -4.04. The lowest BCUT2D eigenvalue weighted by atomic mass is 9.92. The summed E-state index contributed by atoms with van der Waals surface area (Å²) in [6, 6.07) is 10.2. The van der Waals surface area contributed by atoms with Gasteiger partial charge in [0.15, 0.2) is 20.7 Å². The molecular weight excluding hydrogens is 1660 g/mol. The molecule has 5 aliphatic rings. The molecule has 32 nitrogen and oxygen atoms in total. The predicted molar refractivity (Wildman–Crippen MR) is 484 cm³/mol. The van der Waals surface area contributed by atoms with Crippen LogP contribution < -0.4 is 16.3 Å². The molecule has 5 fully saturated rings. The summed E-state index contributed by atoms with van der Waals surface area (Å²) >= 11 is 6.44. The average molecular weight is 1800 g/mol. The topological polar surface area (TPSA) is 378 Å². The summed E-state index contributed by atoms with van der Waals surface area (Å²) in [5, 5.41) is 44.2. The fourth-order valence-electron chi connectivity index (χ4n) is 12.9. The summed E-state index contributed by atoms with van der Waals surface area (Å²) in [6.45, 7) is 46.2. The Labute approximate surface area is 752 Å². The van der Waals surface area contributed by atoms with E-state index in [1.54, 1.807) is 59.8 Å². The molecular formula is C84H145B5ClN7O25P2. The molecule has 0 spiro atoms. The van der Waals surface area contributed by atoms with Crippen molar-refractivity contribution in [1.82, 2.24) is 14.9 Å². The number of ether oxygens (including phenoxy) is 16. The Bertz CT molecular complexity index is 3450. The van der Waals surface area contributed by atoms with Crippen molar-refractivity contribution in [3.05, 3.63) is 70.1 Å². The quantitative estimate of drug-likeness (QED) is 0.0136. The van der Waals surface area contributed by atoms with Gasteiger partial charge in [0.1, 0.15) is 98.7 Å². The summed E-state index contributed by atoms with van der Waals surface area (Å²) in [7, 11) is 32.1. The van der Waals surface area contributed by atoms with Crippen molar-refractivity contribution in [2.45, 2.75) is 377 Å². The number of aliphatic hydroxyl groups excluding tert-OH is 3. The highest BCUT2D eigenvalue weighted by molar-refractivity contribution is 7.91. The minimum absolute atomic E-state index is 0. The van der Waals surface area contributed by atoms with Gasteiger partial charge in [-0.3, -0.25) is 23.7 Å². The molecule has 6 heterocycles. The Morgan fingerprint density at radius 3 is 1.36 bits per heavy atom. The van der Waals surface area contributed by atoms with Crippen molar-refractivity contribution in [3.8, 4) is 6.07 Å². The minimum Gasteiger partial charge on any atom is -0.457 e. The first kappa shape index (κ1) is 118. The van der Waals surface area contributed by atoms with E-state index in [1.165, 1.54) is 23.9 Å². The van der Waals surface area contributed by atoms with E-state index in [9.17, 15) is 34.5 Å². The first-order valence-electron chi connectivity index (χ1n) is 42.7. The number of rotatable bonds is 41. The Morgan fingerprint density at radius 1 is 0.597 bits per heavy atom. The molecule has 5 aliphatic heterocycles. The van der Waals surface area contributed by atoms with E-state index in [2.05, 4.69) is 45.1 Å². The molecule has 2 aromatic rings. The average Bonchev–Trinajstić information content (AvgIpc) is 1.64. The number of halogens is 1. The SMILES string of the molecule is CC(C)N=P(Cl)(CCC#N)C(C)C.CC[C@H]1O[C@@H](n2ccc(NC(=O)c3ccccc3)nc2=O)C(O[C@H](C)[C@H](C)OC)[C@H]1O.[BH].[B][C@@H]1O[C@H](CC)[C@H](O)C1O[C@H](C)[C@H](C)OC.[B][C@@H]1O[C@H](CC)[C@H](O)C1O[C@H](C)[C@H](C)OC.[B][C@@H]1O[C@H](CC)[C@H](OC(=O)CCC(=O)NC)C1O[C@H](C)[C@H](C)OC.[B][C@@H]1O[C@H](CC)[C@H](OP(C)OCC[N+]#[C-])C1O[C@H](C)[C@H](C)OC. The maximum absolute atomic E-state index is 12.7. The third-order valence-electron chi connectivity index (χ3n) is 21.8. The molecule has 7 rings (SSSR count). The first-order valence-corrected chi connectivity index (χ1v) is 47.2. The van der Waals surface area contributed by atoms with Crippen LogP contribution >= 0.6 is 26.0 Å². The molecule has 0 aliphatic carbocycles. The highest BCUT2D eigenvalue weighted by atomic mass is 35.7. The molecule has 2 amide bonds. The van der Waals surface area contributed by atoms with Gasteiger partial charge in [0, 0.05) is 124 Å². The van der Waals surface area contributed by atoms with Crippen molar-refractivity contribution in [3.63, 3.8) is 0 Å². The number of nitrogens with zero attached hydrogens (tertiary/aromatic N) is 5. The van der Waals surface area contributed by atoms with E-state index >= 15 is 0 Å². The van der Waals surface area contributed by atoms with Gasteiger partial charge < -0.3 is 116 Å². The second kappa shape index (κ2) is 61.6. The zero-order valence-corrected chi connectivity index (χ0v) is 80.7. The summed E-state index contributed by atoms with van der Waals surface area (Å²) in [4.78, 5) is 55.5. The van der Waals surface area contributed by atoms with Crippen molar-refractivity contribution < 1.29 is 115 Å². The molecule has 5 N–H and O–H groups in total. The van der Waals surface area contributed by atoms with Crippen LogP contribution in [0.5, 0.6) is 0 Å². The molecule has 10 radical (unpaired) electrons. The number of aliphatic hydroxyl groups is 3. The van der Waals surface area contributed by atoms with Crippen molar-refractivity contribution in [1.29, 1.82) is 5.26 Å². The lowest BCUT2D eigenvalue weighted by molar-refractivity contribution is -0.163. The van der Waals surface area contributed by atoms with Gasteiger partial charge >= 0.3 is 11.7 Å². The normalized spacial score (nSPS) is 29.3. The summed E-state index contributed by atoms with van der Waals surface area (Å²) in [5.41, 5.74) is 0.210. The Kier molecular flexibility index (Phi) is 58.6. The van der Waals surface area contributed by atoms with Gasteiger partial charge in [-0.05, 0) is 133 Å². The van der Waals surface area contributed by atoms with Crippen molar-refractivity contribution >= 4 is 89.4 Å². The van der Waals surface area contributed by atoms with Gasteiger partial charge in [0.2, 0.25) is 12.5 Å². The van der Waals surface area contributed by atoms with Crippen molar-refractivity contribution in [2.24, 2.45) is 4.74 Å². The maximum atomic E-state index is 12.7. The van der Waals surface area contributed by atoms with E-state index < -0.39 is 112 Å². The molecule has 40 heteroatoms. The molecule has 7 unspecified atom stereocenters. The zero-order chi connectivity index (χ0) is 93.3. The smallest absolute Gasteiger partial charge is 0.351 e. The lowest BCUT2D eigenvalue weighted by Gasteiger charge is -2.30. The number of amides is 2. The van der Waals surface area contributed by atoms with Gasteiger partial charge in [0.25, 0.3) is 5.91 Å². The Morgan fingerprint density at radius 2 is 0.984 bits per heavy atom. The second-order valence-electron chi connectivity index (χ2n) is 31.2. The number of methoxy groups -OCH3 is 5. The number of hydrogen-bond acceptors (Lipinski definition) is 28. The second-order valence-corrected chi connectivity index (χ2v) is 37.5. The van der Waals surface area contributed by atoms with E-state index in [4.69, 9.17) is 139 Å². The number of aromatic nitrogens is 2. The number of carbonyl (C=O) groups excluding carboxylic acids is 3. The summed E-state index contributed by atoms with van der Waals surface area (Å²) < 4.78 is 107. The van der Waals surface area contributed by atoms with Crippen molar-refractivity contribution in [2.75, 3.05) is 73.9 Å². The van der Waals surface area contributed by atoms with Crippen LogP contribution in [0, 0.1) is 17.9 Å². The van der Waals surface area contributed by atoms with Crippen LogP contribution in [0.3, 0.4) is 0 Å². The predicted octanol–water partition coefficient (Wildman–Crippen LogP) is 9.21. The fourth-order valence-corrected chi connectivity index (χ4v) is 16.8. The molecule has 32 atom stereocenters. The van der Waals surface area contributed by atoms with Gasteiger partial charge in [-0.2, -0.15) is 10.2 Å². The number of esters is 1. The van der Waals surface area contributed by atoms with Crippen LogP contribution in [-0.2, 0) is 94.4 Å². The monoisotopic (exact) mass is 1800 g/mol. The standard InChI is InChI=1S/C22H29N3O6.C16H28BNO6.C15H27BNO5P.2C11H21BO4.C9H18ClN2P.BH/c1-5-16-18(26)19(30-14(3)13(2)29-4)21(31-16)25-12-11-17(24-22(25)28)23-20(27)15-9-7-6-8-10-15;1-6-11-14(24-13(20)8-7-12(19)18-4)15(16(17)23-11)22-10(3)9(2)21-5;1-7-12-13(22-23(6)19-9-8-17-4)14(15(16)21-12)20-11(3)10(2)18-5;2*1-5-8-9(13)10(11(12)16-8)15-7(3)6(2)14-4;1-8(2)12-13(10,9(3)4)7-5-6-11;/h6-14,16,18-19,21,26H,5H2,1-4H3,(H,23,24,27,28);9-11,14-16H,6-8H2,1-5H3,(H,18,19);10-15H,7-9H2,1-3,5-6H3;2*6-11,13H,5H2,1-4H3;8-9H,5,7H2,1-4H3;1H/t13-,14+,16+,18-,19?,21+;9-,10+,11+,14-,15?,16+;10-,11+,12+,13-,14?,15+,23?;2*6-,7+,8+,9-,10?,11+;;/m00000../s1. The fraction of sp³-hybridized carbons (Fsp3) is 0.821. The van der Waals surface area contributed by atoms with E-state index in [0.29, 0.717) is 43.6 Å². The maximum Gasteiger partial charge on any atom is 0.351 e. The molecule has 5 saturated heterocycles. The molecule has 698 valence electrons. The van der Waals surface area contributed by atoms with Crippen LogP contribution in [0.25, 0.3) is 4.85 Å². The number of nitriles is 1. The number of nitrogens with one attached hydrogen (secondary N) is 2. The van der Waals surface area contributed by atoms with E-state index in [-0.39, 0.29) is 143 Å². The molecule has 1 aromatic carbocycles. The first-order chi connectivity index (χ1) is 58.1. The highest BCUT2D eigenvalue weighted by Gasteiger charge is 2.50.